The van der Waals surface area contributed by atoms with Crippen LogP contribution in [0.15, 0.2) is 12.4 Å². The first-order valence-electron chi connectivity index (χ1n) is 5.05. The molecule has 14 heavy (non-hydrogen) atoms. The second-order valence-electron chi connectivity index (χ2n) is 3.59. The Kier molecular flexibility index (Phi) is 3.42. The van der Waals surface area contributed by atoms with Gasteiger partial charge in [0.1, 0.15) is 0 Å². The molecule has 0 radical (unpaired) electrons. The Bertz CT molecular complexity index is 262. The molecule has 1 aliphatic rings. The minimum Gasteiger partial charge on any atom is -0.311 e. The summed E-state index contributed by atoms with van der Waals surface area (Å²) in [5.41, 5.74) is 0. The lowest BCUT2D eigenvalue weighted by atomic mass is 10.2. The highest BCUT2D eigenvalue weighted by molar-refractivity contribution is 8.00. The van der Waals surface area contributed by atoms with Crippen LogP contribution < -0.4 is 5.32 Å². The molecule has 2 rings (SSSR count). The normalized spacial score (nSPS) is 26.9. The van der Waals surface area contributed by atoms with Crippen molar-refractivity contribution in [1.29, 1.82) is 0 Å². The zero-order valence-corrected chi connectivity index (χ0v) is 9.20. The fourth-order valence-corrected chi connectivity index (χ4v) is 2.94. The van der Waals surface area contributed by atoms with E-state index in [-0.39, 0.29) is 0 Å². The molecular formula is C9H16N4S. The average Bonchev–Trinajstić information content (AvgIpc) is 2.78. The van der Waals surface area contributed by atoms with Crippen molar-refractivity contribution in [3.05, 3.63) is 12.4 Å². The van der Waals surface area contributed by atoms with Crippen LogP contribution in [0.3, 0.4) is 0 Å². The molecule has 2 heterocycles. The van der Waals surface area contributed by atoms with Crippen molar-refractivity contribution < 1.29 is 0 Å². The van der Waals surface area contributed by atoms with Gasteiger partial charge in [-0.15, -0.1) is 5.10 Å². The Morgan fingerprint density at radius 3 is 3.21 bits per heavy atom. The summed E-state index contributed by atoms with van der Waals surface area (Å²) < 4.78 is 1.86. The van der Waals surface area contributed by atoms with E-state index in [0.717, 1.165) is 18.3 Å². The molecule has 5 heteroatoms. The molecule has 4 nitrogen and oxygen atoms in total. The molecule has 0 aliphatic carbocycles. The number of nitrogens with one attached hydrogen (secondary N) is 1. The fraction of sp³-hybridized carbons (Fsp3) is 0.778. The molecular weight excluding hydrogens is 196 g/mol. The third-order valence-corrected chi connectivity index (χ3v) is 3.92. The Labute approximate surface area is 88.4 Å². The summed E-state index contributed by atoms with van der Waals surface area (Å²) in [4.78, 5) is 0. The summed E-state index contributed by atoms with van der Waals surface area (Å²) in [7, 11) is 0. The summed E-state index contributed by atoms with van der Waals surface area (Å²) in [6.45, 7) is 4.19. The van der Waals surface area contributed by atoms with Crippen molar-refractivity contribution in [3.8, 4) is 0 Å². The van der Waals surface area contributed by atoms with Gasteiger partial charge in [-0.3, -0.25) is 4.68 Å². The van der Waals surface area contributed by atoms with Gasteiger partial charge in [-0.1, -0.05) is 12.1 Å². The number of hydrogen-bond acceptors (Lipinski definition) is 4. The van der Waals surface area contributed by atoms with Crippen LogP contribution in [0.5, 0.6) is 0 Å². The number of nitrogens with zero attached hydrogens (tertiary/aromatic N) is 3. The molecule has 0 saturated carbocycles. The molecule has 2 atom stereocenters. The van der Waals surface area contributed by atoms with E-state index in [1.54, 1.807) is 6.20 Å². The zero-order valence-electron chi connectivity index (χ0n) is 8.39. The third-order valence-electron chi connectivity index (χ3n) is 2.60. The van der Waals surface area contributed by atoms with Crippen molar-refractivity contribution in [2.24, 2.45) is 0 Å². The predicted molar refractivity (Wildman–Crippen MR) is 58.3 cm³/mol. The first kappa shape index (κ1) is 9.98. The van der Waals surface area contributed by atoms with Crippen LogP contribution in [0.1, 0.15) is 13.3 Å². The Morgan fingerprint density at radius 2 is 2.57 bits per heavy atom. The Balaban J connectivity index is 1.68. The first-order chi connectivity index (χ1) is 6.86. The maximum atomic E-state index is 3.92. The maximum absolute atomic E-state index is 3.92. The largest absolute Gasteiger partial charge is 0.311 e. The van der Waals surface area contributed by atoms with Crippen molar-refractivity contribution in [1.82, 2.24) is 20.3 Å². The van der Waals surface area contributed by atoms with Gasteiger partial charge in [-0.2, -0.15) is 11.8 Å². The van der Waals surface area contributed by atoms with Crippen LogP contribution in [0, 0.1) is 0 Å². The Hall–Kier alpha value is -0.550. The lowest BCUT2D eigenvalue weighted by molar-refractivity contribution is 0.469. The number of thioether (sulfide) groups is 1. The van der Waals surface area contributed by atoms with Gasteiger partial charge in [-0.05, 0) is 12.2 Å². The maximum Gasteiger partial charge on any atom is 0.0692 e. The summed E-state index contributed by atoms with van der Waals surface area (Å²) in [5, 5.41) is 12.0. The van der Waals surface area contributed by atoms with E-state index >= 15 is 0 Å². The molecule has 2 unspecified atom stereocenters. The summed E-state index contributed by atoms with van der Waals surface area (Å²) in [5.74, 6) is 1.29. The SMILES string of the molecule is CC1SCCC1NCCn1ccnn1. The predicted octanol–water partition coefficient (Wildman–Crippen LogP) is 0.762. The van der Waals surface area contributed by atoms with Crippen LogP contribution in [0.2, 0.25) is 0 Å². The van der Waals surface area contributed by atoms with Crippen molar-refractivity contribution in [3.63, 3.8) is 0 Å². The van der Waals surface area contributed by atoms with Crippen LogP contribution in [-0.2, 0) is 6.54 Å². The fourth-order valence-electron chi connectivity index (χ4n) is 1.72. The van der Waals surface area contributed by atoms with Crippen LogP contribution in [0.25, 0.3) is 0 Å². The van der Waals surface area contributed by atoms with E-state index < -0.39 is 0 Å². The van der Waals surface area contributed by atoms with Gasteiger partial charge >= 0.3 is 0 Å². The molecule has 0 bridgehead atoms. The average molecular weight is 212 g/mol. The van der Waals surface area contributed by atoms with Crippen molar-refractivity contribution in [2.45, 2.75) is 31.2 Å². The smallest absolute Gasteiger partial charge is 0.0692 e. The lowest BCUT2D eigenvalue weighted by Crippen LogP contribution is -2.35. The van der Waals surface area contributed by atoms with Gasteiger partial charge in [0.15, 0.2) is 0 Å². The molecule has 0 amide bonds. The van der Waals surface area contributed by atoms with Crippen molar-refractivity contribution >= 4 is 11.8 Å². The summed E-state index contributed by atoms with van der Waals surface area (Å²) >= 11 is 2.06. The summed E-state index contributed by atoms with van der Waals surface area (Å²) in [6, 6.07) is 0.684. The second kappa shape index (κ2) is 4.79. The highest BCUT2D eigenvalue weighted by Crippen LogP contribution is 2.25. The van der Waals surface area contributed by atoms with Crippen LogP contribution in [-0.4, -0.2) is 38.6 Å². The minimum atomic E-state index is 0.684. The molecule has 0 spiro atoms. The highest BCUT2D eigenvalue weighted by atomic mass is 32.2. The van der Waals surface area contributed by atoms with Gasteiger partial charge < -0.3 is 5.32 Å². The van der Waals surface area contributed by atoms with E-state index in [1.165, 1.54) is 12.2 Å². The van der Waals surface area contributed by atoms with Crippen LogP contribution >= 0.6 is 11.8 Å². The molecule has 0 aromatic carbocycles. The topological polar surface area (TPSA) is 42.7 Å². The van der Waals surface area contributed by atoms with Gasteiger partial charge in [0.2, 0.25) is 0 Å². The van der Waals surface area contributed by atoms with Gasteiger partial charge in [-0.25, -0.2) is 0 Å². The molecule has 1 aliphatic heterocycles. The molecule has 1 aromatic rings. The van der Waals surface area contributed by atoms with E-state index in [1.807, 2.05) is 10.9 Å². The van der Waals surface area contributed by atoms with Gasteiger partial charge in [0, 0.05) is 24.0 Å². The monoisotopic (exact) mass is 212 g/mol. The third kappa shape index (κ3) is 2.48. The highest BCUT2D eigenvalue weighted by Gasteiger charge is 2.22. The quantitative estimate of drug-likeness (QED) is 0.800. The lowest BCUT2D eigenvalue weighted by Gasteiger charge is -2.15. The molecule has 1 fully saturated rings. The number of aromatic nitrogens is 3. The molecule has 1 N–H and O–H groups in total. The van der Waals surface area contributed by atoms with Gasteiger partial charge in [0.25, 0.3) is 0 Å². The minimum absolute atomic E-state index is 0.684. The zero-order chi connectivity index (χ0) is 9.80. The van der Waals surface area contributed by atoms with E-state index in [2.05, 4.69) is 34.3 Å². The number of hydrogen-bond donors (Lipinski definition) is 1. The van der Waals surface area contributed by atoms with E-state index in [9.17, 15) is 0 Å². The Morgan fingerprint density at radius 1 is 1.64 bits per heavy atom. The standard InChI is InChI=1S/C9H16N4S/c1-8-9(2-7-14-8)10-3-5-13-6-4-11-12-13/h4,6,8-10H,2-3,5,7H2,1H3. The number of rotatable bonds is 4. The van der Waals surface area contributed by atoms with E-state index in [4.69, 9.17) is 0 Å². The molecule has 1 aromatic heterocycles. The second-order valence-corrected chi connectivity index (χ2v) is 5.08. The van der Waals surface area contributed by atoms with Crippen LogP contribution in [0.4, 0.5) is 0 Å². The van der Waals surface area contributed by atoms with E-state index in [0.29, 0.717) is 6.04 Å². The molecule has 1 saturated heterocycles. The van der Waals surface area contributed by atoms with Crippen molar-refractivity contribution in [2.75, 3.05) is 12.3 Å². The molecule has 78 valence electrons. The summed E-state index contributed by atoms with van der Waals surface area (Å²) in [6.07, 6.45) is 4.91. The van der Waals surface area contributed by atoms with Gasteiger partial charge in [0.05, 0.1) is 12.7 Å². The first-order valence-corrected chi connectivity index (χ1v) is 6.10.